The molecule has 0 spiro atoms. The Morgan fingerprint density at radius 2 is 2.00 bits per heavy atom. The summed E-state index contributed by atoms with van der Waals surface area (Å²) >= 11 is 3.77. The Hall–Kier alpha value is -0.930. The number of rotatable bonds is 1. The van der Waals surface area contributed by atoms with Crippen LogP contribution < -0.4 is 5.32 Å². The second kappa shape index (κ2) is 4.07. The summed E-state index contributed by atoms with van der Waals surface area (Å²) < 4.78 is 0. The molecule has 2 aromatic rings. The number of benzene rings is 1. The summed E-state index contributed by atoms with van der Waals surface area (Å²) in [5, 5.41) is 6.18. The number of hydrogen-bond acceptors (Lipinski definition) is 3. The molecular formula is C14H15NS2. The van der Waals surface area contributed by atoms with Gasteiger partial charge in [-0.2, -0.15) is 0 Å². The van der Waals surface area contributed by atoms with Crippen molar-refractivity contribution in [3.8, 4) is 0 Å². The lowest BCUT2D eigenvalue weighted by Gasteiger charge is -2.09. The summed E-state index contributed by atoms with van der Waals surface area (Å²) in [6.45, 7) is 6.61. The first-order valence-corrected chi connectivity index (χ1v) is 7.50. The first-order chi connectivity index (χ1) is 8.16. The summed E-state index contributed by atoms with van der Waals surface area (Å²) in [5.41, 5.74) is 5.50. The molecule has 0 fully saturated rings. The Kier molecular flexibility index (Phi) is 2.68. The topological polar surface area (TPSA) is 12.0 Å². The molecule has 1 aromatic heterocycles. The van der Waals surface area contributed by atoms with Gasteiger partial charge in [-0.3, -0.25) is 0 Å². The van der Waals surface area contributed by atoms with Gasteiger partial charge < -0.3 is 5.32 Å². The van der Waals surface area contributed by atoms with Crippen LogP contribution in [0.3, 0.4) is 0 Å². The highest BCUT2D eigenvalue weighted by atomic mass is 32.2. The highest BCUT2D eigenvalue weighted by Gasteiger charge is 2.26. The van der Waals surface area contributed by atoms with Gasteiger partial charge in [-0.05, 0) is 48.9 Å². The van der Waals surface area contributed by atoms with E-state index >= 15 is 0 Å². The Morgan fingerprint density at radius 3 is 2.71 bits per heavy atom. The largest absolute Gasteiger partial charge is 0.367 e. The minimum Gasteiger partial charge on any atom is -0.367 e. The van der Waals surface area contributed by atoms with E-state index in [0.717, 1.165) is 0 Å². The zero-order valence-electron chi connectivity index (χ0n) is 10.2. The number of hydrogen-bond donors (Lipinski definition) is 1. The smallest absolute Gasteiger partial charge is 0.112 e. The van der Waals surface area contributed by atoms with Crippen LogP contribution in [-0.2, 0) is 0 Å². The molecule has 17 heavy (non-hydrogen) atoms. The number of anilines is 1. The lowest BCUT2D eigenvalue weighted by Crippen LogP contribution is -1.99. The van der Waals surface area contributed by atoms with Crippen molar-refractivity contribution in [3.63, 3.8) is 0 Å². The molecule has 0 saturated carbocycles. The molecule has 1 N–H and O–H groups in total. The van der Waals surface area contributed by atoms with Gasteiger partial charge in [-0.15, -0.1) is 11.3 Å². The monoisotopic (exact) mass is 261 g/mol. The van der Waals surface area contributed by atoms with Crippen LogP contribution in [0.5, 0.6) is 0 Å². The van der Waals surface area contributed by atoms with E-state index in [2.05, 4.69) is 49.7 Å². The van der Waals surface area contributed by atoms with Crippen LogP contribution in [0, 0.1) is 20.8 Å². The summed E-state index contributed by atoms with van der Waals surface area (Å²) in [5.74, 6) is 0. The predicted molar refractivity (Wildman–Crippen MR) is 77.2 cm³/mol. The molecule has 0 aliphatic carbocycles. The molecule has 3 rings (SSSR count). The normalized spacial score (nSPS) is 17.9. The third kappa shape index (κ3) is 1.78. The Labute approximate surface area is 110 Å². The van der Waals surface area contributed by atoms with Gasteiger partial charge in [0.15, 0.2) is 0 Å². The van der Waals surface area contributed by atoms with Crippen LogP contribution in [-0.4, -0.2) is 0 Å². The van der Waals surface area contributed by atoms with Crippen molar-refractivity contribution >= 4 is 28.8 Å². The average Bonchev–Trinajstić information content (AvgIpc) is 2.94. The molecule has 0 amide bonds. The Morgan fingerprint density at radius 1 is 1.18 bits per heavy atom. The maximum atomic E-state index is 3.65. The lowest BCUT2D eigenvalue weighted by molar-refractivity contribution is 1.15. The molecule has 1 nitrogen and oxygen atoms in total. The van der Waals surface area contributed by atoms with Gasteiger partial charge in [0.2, 0.25) is 0 Å². The van der Waals surface area contributed by atoms with E-state index in [0.29, 0.717) is 5.37 Å². The minimum absolute atomic E-state index is 0.393. The van der Waals surface area contributed by atoms with Crippen molar-refractivity contribution in [3.05, 3.63) is 45.1 Å². The summed E-state index contributed by atoms with van der Waals surface area (Å²) in [6.07, 6.45) is 0. The van der Waals surface area contributed by atoms with E-state index < -0.39 is 0 Å². The number of aryl methyl sites for hydroxylation is 2. The molecule has 0 bridgehead atoms. The fraction of sp³-hybridized carbons (Fsp3) is 0.286. The van der Waals surface area contributed by atoms with E-state index in [4.69, 9.17) is 0 Å². The van der Waals surface area contributed by atoms with Crippen molar-refractivity contribution in [2.45, 2.75) is 31.0 Å². The van der Waals surface area contributed by atoms with Crippen molar-refractivity contribution in [1.29, 1.82) is 0 Å². The molecule has 1 aliphatic rings. The van der Waals surface area contributed by atoms with Gasteiger partial charge in [-0.1, -0.05) is 23.9 Å². The molecular weight excluding hydrogens is 246 g/mol. The van der Waals surface area contributed by atoms with Gasteiger partial charge in [0.05, 0.1) is 5.69 Å². The fourth-order valence-electron chi connectivity index (χ4n) is 2.23. The van der Waals surface area contributed by atoms with Gasteiger partial charge in [-0.25, -0.2) is 0 Å². The van der Waals surface area contributed by atoms with Gasteiger partial charge in [0.1, 0.15) is 5.37 Å². The molecule has 0 saturated heterocycles. The van der Waals surface area contributed by atoms with Crippen LogP contribution in [0.25, 0.3) is 0 Å². The molecule has 0 radical (unpaired) electrons. The van der Waals surface area contributed by atoms with Crippen LogP contribution in [0.1, 0.15) is 26.9 Å². The van der Waals surface area contributed by atoms with Crippen molar-refractivity contribution in [2.24, 2.45) is 0 Å². The summed E-state index contributed by atoms with van der Waals surface area (Å²) in [6, 6.07) is 6.60. The first kappa shape index (κ1) is 11.2. The van der Waals surface area contributed by atoms with Crippen molar-refractivity contribution in [2.75, 3.05) is 5.32 Å². The van der Waals surface area contributed by atoms with E-state index in [9.17, 15) is 0 Å². The van der Waals surface area contributed by atoms with Crippen LogP contribution in [0.4, 0.5) is 5.69 Å². The zero-order chi connectivity index (χ0) is 12.0. The molecule has 1 unspecified atom stereocenters. The lowest BCUT2D eigenvalue weighted by atomic mass is 10.0. The summed E-state index contributed by atoms with van der Waals surface area (Å²) in [4.78, 5) is 2.84. The highest BCUT2D eigenvalue weighted by molar-refractivity contribution is 8.00. The number of thioether (sulfide) groups is 1. The number of fused-ring (bicyclic) bond motifs is 1. The molecule has 1 aliphatic heterocycles. The minimum atomic E-state index is 0.393. The highest BCUT2D eigenvalue weighted by Crippen LogP contribution is 2.50. The van der Waals surface area contributed by atoms with Crippen LogP contribution >= 0.6 is 23.1 Å². The van der Waals surface area contributed by atoms with Crippen LogP contribution in [0.2, 0.25) is 0 Å². The quantitative estimate of drug-likeness (QED) is 0.784. The third-order valence-electron chi connectivity index (χ3n) is 3.30. The van der Waals surface area contributed by atoms with Crippen LogP contribution in [0.15, 0.2) is 28.5 Å². The Balaban J connectivity index is 2.04. The molecule has 88 valence electrons. The van der Waals surface area contributed by atoms with E-state index in [-0.39, 0.29) is 0 Å². The number of thiophene rings is 1. The van der Waals surface area contributed by atoms with Gasteiger partial charge >= 0.3 is 0 Å². The molecule has 1 atom stereocenters. The first-order valence-electron chi connectivity index (χ1n) is 5.74. The zero-order valence-corrected chi connectivity index (χ0v) is 11.8. The average molecular weight is 261 g/mol. The van der Waals surface area contributed by atoms with Crippen molar-refractivity contribution in [1.82, 2.24) is 0 Å². The maximum absolute atomic E-state index is 3.65. The predicted octanol–water partition coefficient (Wildman–Crippen LogP) is 4.89. The van der Waals surface area contributed by atoms with Crippen molar-refractivity contribution < 1.29 is 0 Å². The van der Waals surface area contributed by atoms with Gasteiger partial charge in [0.25, 0.3) is 0 Å². The SMILES string of the molecule is Cc1cc(C)c2c(c1C)SC(c1cccs1)N2. The second-order valence-corrected chi connectivity index (χ2v) is 6.59. The fourth-order valence-corrected chi connectivity index (χ4v) is 4.47. The molecule has 1 aromatic carbocycles. The third-order valence-corrected chi connectivity index (χ3v) is 5.74. The standard InChI is InChI=1S/C14H15NS2/c1-8-7-9(2)12-13(10(8)3)17-14(15-12)11-5-4-6-16-11/h4-7,14-15H,1-3H3. The van der Waals surface area contributed by atoms with E-state index in [1.807, 2.05) is 23.1 Å². The van der Waals surface area contributed by atoms with E-state index in [1.165, 1.54) is 32.2 Å². The summed E-state index contributed by atoms with van der Waals surface area (Å²) in [7, 11) is 0. The molecule has 3 heteroatoms. The maximum Gasteiger partial charge on any atom is 0.112 e. The number of nitrogens with one attached hydrogen (secondary N) is 1. The molecule has 2 heterocycles. The Bertz CT molecular complexity index is 558. The van der Waals surface area contributed by atoms with E-state index in [1.54, 1.807) is 0 Å². The second-order valence-electron chi connectivity index (χ2n) is 4.50. The van der Waals surface area contributed by atoms with Gasteiger partial charge in [0, 0.05) is 9.77 Å².